The van der Waals surface area contributed by atoms with Gasteiger partial charge in [-0.3, -0.25) is 0 Å². The van der Waals surface area contributed by atoms with Gasteiger partial charge in [-0.15, -0.1) is 0 Å². The number of hydrogen-bond acceptors (Lipinski definition) is 1. The van der Waals surface area contributed by atoms with E-state index in [1.807, 2.05) is 0 Å². The van der Waals surface area contributed by atoms with Gasteiger partial charge < -0.3 is 0 Å². The third-order valence-electron chi connectivity index (χ3n) is 5.28. The van der Waals surface area contributed by atoms with Crippen molar-refractivity contribution in [1.29, 1.82) is 0 Å². The zero-order valence-corrected chi connectivity index (χ0v) is 21.8. The van der Waals surface area contributed by atoms with Crippen LogP contribution in [0.3, 0.4) is 0 Å². The van der Waals surface area contributed by atoms with Crippen molar-refractivity contribution in [2.75, 3.05) is 11.5 Å². The molecule has 0 N–H and O–H groups in total. The van der Waals surface area contributed by atoms with Crippen LogP contribution in [0.5, 0.6) is 0 Å². The van der Waals surface area contributed by atoms with Crippen molar-refractivity contribution in [1.82, 2.24) is 0 Å². The molecular weight excluding hydrogens is 343 g/mol. The van der Waals surface area contributed by atoms with Gasteiger partial charge in [-0.1, -0.05) is 129 Å². The molecule has 0 unspecified atom stereocenters. The molecule has 0 atom stereocenters. The Hall–Kier alpha value is 1.35. The molecule has 0 bridgehead atoms. The third-order valence-corrected chi connectivity index (χ3v) is 6.44. The Balaban J connectivity index is 0. The molecule has 0 amide bonds. The Kier molecular flexibility index (Phi) is 32.5. The summed E-state index contributed by atoms with van der Waals surface area (Å²) < 4.78 is 0. The zero-order chi connectivity index (χ0) is 18.3. The van der Waals surface area contributed by atoms with Gasteiger partial charge in [0.2, 0.25) is 0 Å². The summed E-state index contributed by atoms with van der Waals surface area (Å²) in [7, 11) is 0. The first-order valence-corrected chi connectivity index (χ1v) is 13.1. The summed E-state index contributed by atoms with van der Waals surface area (Å²) in [4.78, 5) is 0. The van der Waals surface area contributed by atoms with Crippen LogP contribution in [-0.4, -0.2) is 41.1 Å². The van der Waals surface area contributed by atoms with E-state index in [1.54, 1.807) is 0 Å². The smallest absolute Gasteiger partial charge is 0 e. The van der Waals surface area contributed by atoms with E-state index in [1.165, 1.54) is 140 Å². The van der Waals surface area contributed by atoms with Crippen LogP contribution in [0, 0.1) is 0 Å². The minimum Gasteiger partial charge on any atom is -0.162 e. The predicted octanol–water partition coefficient (Wildman–Crippen LogP) is 9.18. The molecule has 0 saturated carbocycles. The standard InChI is InChI=1S/C24H50S.Na/c1-3-5-7-9-11-13-15-17-19-21-23-25-24-22-20-18-16-14-12-10-8-6-4-2;/h3-24H2,1-2H3;. The van der Waals surface area contributed by atoms with Crippen LogP contribution in [0.2, 0.25) is 0 Å². The molecule has 1 radical (unpaired) electrons. The number of rotatable bonds is 22. The van der Waals surface area contributed by atoms with Crippen molar-refractivity contribution in [3.05, 3.63) is 0 Å². The summed E-state index contributed by atoms with van der Waals surface area (Å²) in [6.07, 6.45) is 29.2. The first kappa shape index (κ1) is 29.6. The van der Waals surface area contributed by atoms with Crippen molar-refractivity contribution in [3.63, 3.8) is 0 Å². The van der Waals surface area contributed by atoms with E-state index in [2.05, 4.69) is 25.6 Å². The van der Waals surface area contributed by atoms with Crippen molar-refractivity contribution >= 4 is 41.3 Å². The fraction of sp³-hybridized carbons (Fsp3) is 1.00. The molecule has 0 aromatic carbocycles. The Morgan fingerprint density at radius 3 is 0.846 bits per heavy atom. The number of unbranched alkanes of at least 4 members (excludes halogenated alkanes) is 18. The van der Waals surface area contributed by atoms with Gasteiger partial charge in [0.15, 0.2) is 0 Å². The van der Waals surface area contributed by atoms with E-state index in [0.29, 0.717) is 0 Å². The van der Waals surface area contributed by atoms with Gasteiger partial charge in [-0.05, 0) is 24.3 Å². The van der Waals surface area contributed by atoms with Gasteiger partial charge in [-0.2, -0.15) is 11.8 Å². The van der Waals surface area contributed by atoms with E-state index in [-0.39, 0.29) is 29.6 Å². The third kappa shape index (κ3) is 27.6. The molecule has 153 valence electrons. The summed E-state index contributed by atoms with van der Waals surface area (Å²) in [5.41, 5.74) is 0. The molecule has 0 fully saturated rings. The maximum absolute atomic E-state index is 2.30. The van der Waals surface area contributed by atoms with Gasteiger partial charge >= 0.3 is 0 Å². The van der Waals surface area contributed by atoms with Crippen LogP contribution >= 0.6 is 11.8 Å². The first-order valence-electron chi connectivity index (χ1n) is 12.0. The zero-order valence-electron chi connectivity index (χ0n) is 19.0. The number of thioether (sulfide) groups is 1. The van der Waals surface area contributed by atoms with Gasteiger partial charge in [0, 0.05) is 29.6 Å². The van der Waals surface area contributed by atoms with E-state index in [4.69, 9.17) is 0 Å². The molecule has 0 aromatic rings. The van der Waals surface area contributed by atoms with Gasteiger partial charge in [0.25, 0.3) is 0 Å². The molecule has 0 rings (SSSR count). The SMILES string of the molecule is CCCCCCCCCCCCSCCCCCCCCCCCC.[Na]. The van der Waals surface area contributed by atoms with Crippen molar-refractivity contribution in [3.8, 4) is 0 Å². The van der Waals surface area contributed by atoms with Crippen LogP contribution in [0.4, 0.5) is 0 Å². The van der Waals surface area contributed by atoms with Crippen LogP contribution < -0.4 is 0 Å². The first-order chi connectivity index (χ1) is 12.4. The Morgan fingerprint density at radius 1 is 0.346 bits per heavy atom. The molecule has 0 nitrogen and oxygen atoms in total. The maximum Gasteiger partial charge on any atom is 0 e. The van der Waals surface area contributed by atoms with Crippen molar-refractivity contribution < 1.29 is 0 Å². The number of hydrogen-bond donors (Lipinski definition) is 0. The van der Waals surface area contributed by atoms with E-state index in [0.717, 1.165) is 0 Å². The molecule has 0 heterocycles. The molecule has 0 aromatic heterocycles. The Morgan fingerprint density at radius 2 is 0.577 bits per heavy atom. The average Bonchev–Trinajstić information content (AvgIpc) is 2.63. The molecule has 0 aliphatic rings. The van der Waals surface area contributed by atoms with Crippen LogP contribution in [0.1, 0.15) is 142 Å². The Bertz CT molecular complexity index is 198. The predicted molar refractivity (Wildman–Crippen MR) is 127 cm³/mol. The molecule has 26 heavy (non-hydrogen) atoms. The quantitative estimate of drug-likeness (QED) is 0.130. The normalized spacial score (nSPS) is 10.8. The molecule has 0 aliphatic carbocycles. The summed E-state index contributed by atoms with van der Waals surface area (Å²) >= 11 is 2.21. The second kappa shape index (κ2) is 28.6. The summed E-state index contributed by atoms with van der Waals surface area (Å²) in [6.45, 7) is 4.60. The van der Waals surface area contributed by atoms with Crippen molar-refractivity contribution in [2.45, 2.75) is 142 Å². The fourth-order valence-corrected chi connectivity index (χ4v) is 4.51. The fourth-order valence-electron chi connectivity index (χ4n) is 3.49. The molecule has 0 aliphatic heterocycles. The maximum atomic E-state index is 2.30. The van der Waals surface area contributed by atoms with Crippen LogP contribution in [-0.2, 0) is 0 Å². The van der Waals surface area contributed by atoms with Gasteiger partial charge in [0.05, 0.1) is 0 Å². The van der Waals surface area contributed by atoms with Gasteiger partial charge in [0.1, 0.15) is 0 Å². The second-order valence-electron chi connectivity index (χ2n) is 7.98. The van der Waals surface area contributed by atoms with E-state index in [9.17, 15) is 0 Å². The van der Waals surface area contributed by atoms with Crippen LogP contribution in [0.25, 0.3) is 0 Å². The molecule has 0 saturated heterocycles. The molecule has 0 spiro atoms. The van der Waals surface area contributed by atoms with Crippen LogP contribution in [0.15, 0.2) is 0 Å². The van der Waals surface area contributed by atoms with E-state index >= 15 is 0 Å². The largest absolute Gasteiger partial charge is 0.162 e. The monoisotopic (exact) mass is 393 g/mol. The van der Waals surface area contributed by atoms with E-state index < -0.39 is 0 Å². The topological polar surface area (TPSA) is 0 Å². The van der Waals surface area contributed by atoms with Crippen molar-refractivity contribution in [2.24, 2.45) is 0 Å². The van der Waals surface area contributed by atoms with Gasteiger partial charge in [-0.25, -0.2) is 0 Å². The summed E-state index contributed by atoms with van der Waals surface area (Å²) in [5.74, 6) is 2.82. The minimum atomic E-state index is 0. The molecule has 2 heteroatoms. The molecular formula is C24H50NaS. The Labute approximate surface area is 194 Å². The minimum absolute atomic E-state index is 0. The average molecular weight is 394 g/mol. The summed E-state index contributed by atoms with van der Waals surface area (Å²) in [6, 6.07) is 0. The summed E-state index contributed by atoms with van der Waals surface area (Å²) in [5, 5.41) is 0. The second-order valence-corrected chi connectivity index (χ2v) is 9.20.